The molecular formula is C7H12N2O4. The topological polar surface area (TPSA) is 95.5 Å². The maximum Gasteiger partial charge on any atom is 0.322 e. The van der Waals surface area contributed by atoms with Crippen LogP contribution in [-0.4, -0.2) is 36.0 Å². The first-order valence-electron chi connectivity index (χ1n) is 3.75. The van der Waals surface area contributed by atoms with Crippen LogP contribution in [-0.2, 0) is 14.4 Å². The van der Waals surface area contributed by atoms with Gasteiger partial charge in [0, 0.05) is 19.9 Å². The molecule has 0 radical (unpaired) electrons. The largest absolute Gasteiger partial charge is 0.480 e. The lowest BCUT2D eigenvalue weighted by Crippen LogP contribution is -2.32. The third kappa shape index (κ3) is 8.32. The lowest BCUT2D eigenvalue weighted by atomic mass is 10.4. The molecule has 3 N–H and O–H groups in total. The van der Waals surface area contributed by atoms with Crippen molar-refractivity contribution in [2.45, 2.75) is 13.3 Å². The minimum atomic E-state index is -1.09. The fourth-order valence-corrected chi connectivity index (χ4v) is 0.615. The second-order valence-corrected chi connectivity index (χ2v) is 2.40. The number of carbonyl (C=O) groups is 3. The lowest BCUT2D eigenvalue weighted by Gasteiger charge is -2.02. The van der Waals surface area contributed by atoms with Crippen molar-refractivity contribution in [1.82, 2.24) is 10.6 Å². The van der Waals surface area contributed by atoms with Gasteiger partial charge in [-0.25, -0.2) is 0 Å². The summed E-state index contributed by atoms with van der Waals surface area (Å²) in [5.41, 5.74) is 0. The molecule has 2 amide bonds. The van der Waals surface area contributed by atoms with E-state index < -0.39 is 11.9 Å². The summed E-state index contributed by atoms with van der Waals surface area (Å²) >= 11 is 0. The third-order valence-electron chi connectivity index (χ3n) is 1.16. The normalized spacial score (nSPS) is 9.00. The summed E-state index contributed by atoms with van der Waals surface area (Å²) in [6.45, 7) is 1.18. The second-order valence-electron chi connectivity index (χ2n) is 2.40. The van der Waals surface area contributed by atoms with E-state index in [2.05, 4.69) is 10.6 Å². The highest BCUT2D eigenvalue weighted by Crippen LogP contribution is 1.76. The zero-order valence-corrected chi connectivity index (χ0v) is 7.29. The van der Waals surface area contributed by atoms with Crippen molar-refractivity contribution in [1.29, 1.82) is 0 Å². The summed E-state index contributed by atoms with van der Waals surface area (Å²) in [5.74, 6) is -1.70. The van der Waals surface area contributed by atoms with E-state index in [9.17, 15) is 14.4 Å². The maximum atomic E-state index is 10.8. The van der Waals surface area contributed by atoms with Gasteiger partial charge in [0.05, 0.1) is 0 Å². The molecule has 74 valence electrons. The molecule has 0 aliphatic rings. The molecule has 0 aliphatic heterocycles. The Hall–Kier alpha value is -1.59. The van der Waals surface area contributed by atoms with Gasteiger partial charge in [0.15, 0.2) is 0 Å². The van der Waals surface area contributed by atoms with Crippen LogP contribution in [0, 0.1) is 0 Å². The number of amides is 2. The van der Waals surface area contributed by atoms with Crippen molar-refractivity contribution in [3.8, 4) is 0 Å². The van der Waals surface area contributed by atoms with E-state index in [-0.39, 0.29) is 25.4 Å². The Bertz CT molecular complexity index is 215. The van der Waals surface area contributed by atoms with E-state index in [0.717, 1.165) is 0 Å². The Kier molecular flexibility index (Phi) is 5.25. The first-order chi connectivity index (χ1) is 6.02. The fourth-order valence-electron chi connectivity index (χ4n) is 0.615. The Balaban J connectivity index is 3.41. The highest BCUT2D eigenvalue weighted by Gasteiger charge is 2.03. The summed E-state index contributed by atoms with van der Waals surface area (Å²) in [7, 11) is 0. The molecule has 0 unspecified atom stereocenters. The van der Waals surface area contributed by atoms with Crippen molar-refractivity contribution in [2.75, 3.05) is 13.1 Å². The molecule has 13 heavy (non-hydrogen) atoms. The van der Waals surface area contributed by atoms with E-state index in [1.165, 1.54) is 6.92 Å². The van der Waals surface area contributed by atoms with Crippen LogP contribution in [0.5, 0.6) is 0 Å². The summed E-state index contributed by atoms with van der Waals surface area (Å²) in [4.78, 5) is 31.2. The Morgan fingerprint density at radius 1 is 1.23 bits per heavy atom. The van der Waals surface area contributed by atoms with Gasteiger partial charge in [-0.3, -0.25) is 14.4 Å². The lowest BCUT2D eigenvalue weighted by molar-refractivity contribution is -0.138. The molecular weight excluding hydrogens is 176 g/mol. The molecule has 0 aromatic rings. The fraction of sp³-hybridized carbons (Fsp3) is 0.571. The van der Waals surface area contributed by atoms with Gasteiger partial charge in [-0.2, -0.15) is 0 Å². The summed E-state index contributed by atoms with van der Waals surface area (Å²) < 4.78 is 0. The maximum absolute atomic E-state index is 10.8. The van der Waals surface area contributed by atoms with E-state index in [4.69, 9.17) is 5.11 Å². The van der Waals surface area contributed by atoms with Crippen LogP contribution in [0.4, 0.5) is 0 Å². The van der Waals surface area contributed by atoms with Crippen molar-refractivity contribution in [3.05, 3.63) is 0 Å². The first-order valence-corrected chi connectivity index (χ1v) is 3.75. The van der Waals surface area contributed by atoms with E-state index in [1.807, 2.05) is 0 Å². The predicted octanol–water partition coefficient (Wildman–Crippen LogP) is -1.29. The number of rotatable bonds is 5. The molecule has 0 aromatic heterocycles. The number of carboxylic acids is 1. The van der Waals surface area contributed by atoms with Gasteiger partial charge in [0.1, 0.15) is 6.54 Å². The van der Waals surface area contributed by atoms with E-state index in [0.29, 0.717) is 0 Å². The van der Waals surface area contributed by atoms with Gasteiger partial charge in [0.2, 0.25) is 11.8 Å². The van der Waals surface area contributed by atoms with Crippen LogP contribution in [0.25, 0.3) is 0 Å². The van der Waals surface area contributed by atoms with Crippen LogP contribution in [0.1, 0.15) is 13.3 Å². The molecule has 6 heteroatoms. The van der Waals surface area contributed by atoms with Gasteiger partial charge < -0.3 is 15.7 Å². The summed E-state index contributed by atoms with van der Waals surface area (Å²) in [5, 5.41) is 12.8. The third-order valence-corrected chi connectivity index (χ3v) is 1.16. The molecule has 0 heterocycles. The quantitative estimate of drug-likeness (QED) is 0.500. The monoisotopic (exact) mass is 188 g/mol. The highest BCUT2D eigenvalue weighted by molar-refractivity contribution is 5.81. The number of nitrogens with one attached hydrogen (secondary N) is 2. The standard InChI is InChI=1S/C7H12N2O4/c1-5(10)8-3-2-6(11)9-4-7(12)13/h2-4H2,1H3,(H,8,10)(H,9,11)(H,12,13). The number of hydrogen-bond donors (Lipinski definition) is 3. The van der Waals surface area contributed by atoms with Crippen LogP contribution in [0.2, 0.25) is 0 Å². The van der Waals surface area contributed by atoms with Crippen molar-refractivity contribution >= 4 is 17.8 Å². The number of carboxylic acid groups (broad SMARTS) is 1. The molecule has 0 saturated carbocycles. The van der Waals surface area contributed by atoms with E-state index >= 15 is 0 Å². The summed E-state index contributed by atoms with van der Waals surface area (Å²) in [6, 6.07) is 0. The van der Waals surface area contributed by atoms with Crippen molar-refractivity contribution < 1.29 is 19.5 Å². The van der Waals surface area contributed by atoms with Crippen LogP contribution >= 0.6 is 0 Å². The zero-order valence-electron chi connectivity index (χ0n) is 7.29. The van der Waals surface area contributed by atoms with Gasteiger partial charge in [-0.15, -0.1) is 0 Å². The number of aliphatic carboxylic acids is 1. The van der Waals surface area contributed by atoms with E-state index in [1.54, 1.807) is 0 Å². The van der Waals surface area contributed by atoms with Crippen LogP contribution < -0.4 is 10.6 Å². The van der Waals surface area contributed by atoms with Crippen LogP contribution in [0.15, 0.2) is 0 Å². The van der Waals surface area contributed by atoms with Gasteiger partial charge >= 0.3 is 5.97 Å². The number of carbonyl (C=O) groups excluding carboxylic acids is 2. The molecule has 0 aromatic carbocycles. The summed E-state index contributed by atoms with van der Waals surface area (Å²) in [6.07, 6.45) is 0.0901. The SMILES string of the molecule is CC(=O)NCCC(=O)NCC(=O)O. The van der Waals surface area contributed by atoms with Gasteiger partial charge in [-0.1, -0.05) is 0 Å². The minimum Gasteiger partial charge on any atom is -0.480 e. The molecule has 0 saturated heterocycles. The average molecular weight is 188 g/mol. The van der Waals surface area contributed by atoms with Gasteiger partial charge in [-0.05, 0) is 0 Å². The zero-order chi connectivity index (χ0) is 10.3. The molecule has 0 aliphatic carbocycles. The average Bonchev–Trinajstić information content (AvgIpc) is 2.00. The second kappa shape index (κ2) is 5.99. The van der Waals surface area contributed by atoms with Crippen LogP contribution in [0.3, 0.4) is 0 Å². The smallest absolute Gasteiger partial charge is 0.322 e. The molecule has 0 fully saturated rings. The first kappa shape index (κ1) is 11.4. The Morgan fingerprint density at radius 2 is 1.85 bits per heavy atom. The Labute approximate surface area is 75.3 Å². The number of hydrogen-bond acceptors (Lipinski definition) is 3. The Morgan fingerprint density at radius 3 is 2.31 bits per heavy atom. The molecule has 0 spiro atoms. The van der Waals surface area contributed by atoms with Crippen molar-refractivity contribution in [3.63, 3.8) is 0 Å². The predicted molar refractivity (Wildman–Crippen MR) is 43.9 cm³/mol. The van der Waals surface area contributed by atoms with Crippen molar-refractivity contribution in [2.24, 2.45) is 0 Å². The minimum absolute atomic E-state index is 0.0901. The highest BCUT2D eigenvalue weighted by atomic mass is 16.4. The van der Waals surface area contributed by atoms with Gasteiger partial charge in [0.25, 0.3) is 0 Å². The molecule has 0 rings (SSSR count). The molecule has 6 nitrogen and oxygen atoms in total. The molecule has 0 bridgehead atoms. The molecule has 0 atom stereocenters.